The summed E-state index contributed by atoms with van der Waals surface area (Å²) >= 11 is 1.25. The monoisotopic (exact) mass is 300 g/mol. The van der Waals surface area contributed by atoms with Gasteiger partial charge in [0.2, 0.25) is 5.91 Å². The topological polar surface area (TPSA) is 92.4 Å². The van der Waals surface area contributed by atoms with Crippen LogP contribution in [0.5, 0.6) is 0 Å². The lowest BCUT2D eigenvalue weighted by Gasteiger charge is -2.05. The van der Waals surface area contributed by atoms with Gasteiger partial charge < -0.3 is 16.2 Å². The number of nitrogens with two attached hydrogens (primary N) is 1. The molecule has 0 aliphatic rings. The van der Waals surface area contributed by atoms with E-state index in [1.165, 1.54) is 17.4 Å². The average molecular weight is 300 g/mol. The van der Waals surface area contributed by atoms with Crippen LogP contribution < -0.4 is 11.1 Å². The lowest BCUT2D eigenvalue weighted by molar-refractivity contribution is 0.0996. The van der Waals surface area contributed by atoms with Crippen LogP contribution in [0.15, 0.2) is 35.7 Å². The summed E-state index contributed by atoms with van der Waals surface area (Å²) in [6, 6.07) is 8.09. The maximum atomic E-state index is 12.2. The van der Waals surface area contributed by atoms with E-state index >= 15 is 0 Å². The molecule has 0 fully saturated rings. The summed E-state index contributed by atoms with van der Waals surface area (Å²) < 4.78 is 0. The number of thiophene rings is 1. The van der Waals surface area contributed by atoms with E-state index in [0.29, 0.717) is 21.7 Å². The molecule has 0 radical (unpaired) electrons. The molecule has 0 spiro atoms. The van der Waals surface area contributed by atoms with E-state index in [1.54, 1.807) is 29.6 Å². The molecule has 0 unspecified atom stereocenters. The fourth-order valence-corrected chi connectivity index (χ4v) is 2.40. The van der Waals surface area contributed by atoms with Crippen LogP contribution in [0.1, 0.15) is 25.6 Å². The number of hydrogen-bond donors (Lipinski definition) is 3. The molecule has 2 aromatic rings. The fraction of sp³-hybridized carbons (Fsp3) is 0.0667. The molecule has 1 heterocycles. The number of nitrogens with one attached hydrogen (secondary N) is 1. The van der Waals surface area contributed by atoms with Crippen molar-refractivity contribution in [2.24, 2.45) is 5.73 Å². The van der Waals surface area contributed by atoms with Gasteiger partial charge in [0.15, 0.2) is 0 Å². The maximum Gasteiger partial charge on any atom is 0.267 e. The molecule has 1 aromatic heterocycles. The van der Waals surface area contributed by atoms with Crippen molar-refractivity contribution in [2.45, 2.75) is 0 Å². The van der Waals surface area contributed by atoms with Gasteiger partial charge in [-0.15, -0.1) is 11.3 Å². The minimum atomic E-state index is -0.559. The zero-order valence-electron chi connectivity index (χ0n) is 10.9. The highest BCUT2D eigenvalue weighted by Crippen LogP contribution is 2.18. The van der Waals surface area contributed by atoms with Crippen LogP contribution in [0.25, 0.3) is 0 Å². The molecule has 0 saturated carbocycles. The third-order valence-corrected chi connectivity index (χ3v) is 3.49. The third kappa shape index (κ3) is 3.69. The number of hydrogen-bond acceptors (Lipinski definition) is 4. The molecule has 6 heteroatoms. The van der Waals surface area contributed by atoms with Crippen molar-refractivity contribution >= 4 is 28.8 Å². The first-order valence-corrected chi connectivity index (χ1v) is 6.88. The van der Waals surface area contributed by atoms with Gasteiger partial charge in [-0.3, -0.25) is 9.59 Å². The van der Waals surface area contributed by atoms with Crippen LogP contribution in [0.2, 0.25) is 0 Å². The van der Waals surface area contributed by atoms with Gasteiger partial charge in [-0.2, -0.15) is 0 Å². The highest BCUT2D eigenvalue weighted by Gasteiger charge is 2.12. The van der Waals surface area contributed by atoms with E-state index < -0.39 is 5.91 Å². The molecule has 2 rings (SSSR count). The first kappa shape index (κ1) is 14.8. The van der Waals surface area contributed by atoms with Crippen molar-refractivity contribution in [3.05, 3.63) is 51.7 Å². The Morgan fingerprint density at radius 1 is 1.33 bits per heavy atom. The number of aliphatic hydroxyl groups excluding tert-OH is 1. The van der Waals surface area contributed by atoms with Crippen LogP contribution in [0.3, 0.4) is 0 Å². The van der Waals surface area contributed by atoms with Gasteiger partial charge in [-0.25, -0.2) is 0 Å². The molecule has 0 saturated heterocycles. The summed E-state index contributed by atoms with van der Waals surface area (Å²) in [7, 11) is 0. The van der Waals surface area contributed by atoms with E-state index in [4.69, 9.17) is 10.8 Å². The highest BCUT2D eigenvalue weighted by molar-refractivity contribution is 7.12. The first-order valence-electron chi connectivity index (χ1n) is 6.00. The second kappa shape index (κ2) is 6.70. The lowest BCUT2D eigenvalue weighted by Crippen LogP contribution is -2.14. The van der Waals surface area contributed by atoms with Crippen molar-refractivity contribution in [1.82, 2.24) is 0 Å². The molecule has 2 amide bonds. The smallest absolute Gasteiger partial charge is 0.267 e. The molecule has 0 aliphatic heterocycles. The summed E-state index contributed by atoms with van der Waals surface area (Å²) in [4.78, 5) is 23.7. The summed E-state index contributed by atoms with van der Waals surface area (Å²) in [6.07, 6.45) is 0. The molecular formula is C15H12N2O3S. The quantitative estimate of drug-likeness (QED) is 0.749. The van der Waals surface area contributed by atoms with E-state index in [1.807, 2.05) is 0 Å². The predicted octanol–water partition coefficient (Wildman–Crippen LogP) is 1.44. The van der Waals surface area contributed by atoms with E-state index in [-0.39, 0.29) is 12.5 Å². The zero-order valence-corrected chi connectivity index (χ0v) is 11.7. The lowest BCUT2D eigenvalue weighted by atomic mass is 10.2. The minimum Gasteiger partial charge on any atom is -0.384 e. The van der Waals surface area contributed by atoms with Crippen LogP contribution in [-0.4, -0.2) is 23.5 Å². The van der Waals surface area contributed by atoms with Crippen LogP contribution in [0, 0.1) is 11.8 Å². The number of amides is 2. The van der Waals surface area contributed by atoms with Crippen molar-refractivity contribution in [3.8, 4) is 11.8 Å². The van der Waals surface area contributed by atoms with E-state index in [2.05, 4.69) is 17.2 Å². The SMILES string of the molecule is NC(=O)c1cccc(NC(=O)c2sccc2C#CCO)c1. The second-order valence-electron chi connectivity index (χ2n) is 4.02. The Labute approximate surface area is 125 Å². The first-order chi connectivity index (χ1) is 10.1. The Kier molecular flexibility index (Phi) is 4.72. The maximum absolute atomic E-state index is 12.2. The Bertz CT molecular complexity index is 741. The number of rotatable bonds is 3. The molecule has 0 bridgehead atoms. The number of carbonyl (C=O) groups excluding carboxylic acids is 2. The molecule has 5 nitrogen and oxygen atoms in total. The van der Waals surface area contributed by atoms with E-state index in [9.17, 15) is 9.59 Å². The molecule has 4 N–H and O–H groups in total. The Morgan fingerprint density at radius 2 is 2.14 bits per heavy atom. The Balaban J connectivity index is 2.20. The predicted molar refractivity (Wildman–Crippen MR) is 81.2 cm³/mol. The van der Waals surface area contributed by atoms with Gasteiger partial charge in [0.1, 0.15) is 11.5 Å². The molecule has 21 heavy (non-hydrogen) atoms. The van der Waals surface area contributed by atoms with Gasteiger partial charge in [0.05, 0.1) is 0 Å². The minimum absolute atomic E-state index is 0.266. The second-order valence-corrected chi connectivity index (χ2v) is 4.94. The number of aliphatic hydroxyl groups is 1. The summed E-state index contributed by atoms with van der Waals surface area (Å²) in [5.41, 5.74) is 6.55. The largest absolute Gasteiger partial charge is 0.384 e. The van der Waals surface area contributed by atoms with Crippen LogP contribution >= 0.6 is 11.3 Å². The van der Waals surface area contributed by atoms with E-state index in [0.717, 1.165) is 0 Å². The molecule has 0 atom stereocenters. The molecule has 1 aromatic carbocycles. The van der Waals surface area contributed by atoms with Gasteiger partial charge in [-0.05, 0) is 29.6 Å². The molecular weight excluding hydrogens is 288 g/mol. The van der Waals surface area contributed by atoms with Gasteiger partial charge in [-0.1, -0.05) is 17.9 Å². The van der Waals surface area contributed by atoms with Crippen molar-refractivity contribution in [1.29, 1.82) is 0 Å². The Hall–Kier alpha value is -2.62. The standard InChI is InChI=1S/C15H12N2O3S/c16-14(19)11-3-1-5-12(9-11)17-15(20)13-10(4-2-7-18)6-8-21-13/h1,3,5-6,8-9,18H,7H2,(H2,16,19)(H,17,20). The fourth-order valence-electron chi connectivity index (χ4n) is 1.66. The zero-order chi connectivity index (χ0) is 15.2. The normalized spacial score (nSPS) is 9.57. The summed E-state index contributed by atoms with van der Waals surface area (Å²) in [6.45, 7) is -0.266. The number of carbonyl (C=O) groups is 2. The Morgan fingerprint density at radius 3 is 2.86 bits per heavy atom. The molecule has 0 aliphatic carbocycles. The van der Waals surface area contributed by atoms with Gasteiger partial charge >= 0.3 is 0 Å². The molecule has 106 valence electrons. The van der Waals surface area contributed by atoms with Crippen LogP contribution in [0.4, 0.5) is 5.69 Å². The number of primary amides is 1. The van der Waals surface area contributed by atoms with Crippen molar-refractivity contribution in [3.63, 3.8) is 0 Å². The van der Waals surface area contributed by atoms with Crippen molar-refractivity contribution < 1.29 is 14.7 Å². The third-order valence-electron chi connectivity index (χ3n) is 2.58. The van der Waals surface area contributed by atoms with Gasteiger partial charge in [0, 0.05) is 16.8 Å². The van der Waals surface area contributed by atoms with Crippen molar-refractivity contribution in [2.75, 3.05) is 11.9 Å². The summed E-state index contributed by atoms with van der Waals surface area (Å²) in [5.74, 6) is 4.34. The van der Waals surface area contributed by atoms with Crippen LogP contribution in [-0.2, 0) is 0 Å². The highest BCUT2D eigenvalue weighted by atomic mass is 32.1. The van der Waals surface area contributed by atoms with Gasteiger partial charge in [0.25, 0.3) is 5.91 Å². The summed E-state index contributed by atoms with van der Waals surface area (Å²) in [5, 5.41) is 13.1. The number of benzene rings is 1. The average Bonchev–Trinajstić information content (AvgIpc) is 2.93. The number of anilines is 1.